The lowest BCUT2D eigenvalue weighted by molar-refractivity contribution is -0.117. The average molecular weight is 457 g/mol. The lowest BCUT2D eigenvalue weighted by Crippen LogP contribution is -2.18. The van der Waals surface area contributed by atoms with Crippen molar-refractivity contribution in [2.45, 2.75) is 39.5 Å². The molecule has 1 aromatic heterocycles. The molecule has 5 heteroatoms. The number of benzene rings is 2. The number of thiazole rings is 1. The Morgan fingerprint density at radius 3 is 2.32 bits per heavy atom. The van der Waals surface area contributed by atoms with E-state index in [1.54, 1.807) is 0 Å². The molecule has 1 amide bonds. The molecule has 0 aliphatic carbocycles. The van der Waals surface area contributed by atoms with Crippen LogP contribution < -0.4 is 5.32 Å². The molecule has 3 rings (SSSR count). The predicted molar refractivity (Wildman–Crippen MR) is 121 cm³/mol. The lowest BCUT2D eigenvalue weighted by atomic mass is 9.96. The van der Waals surface area contributed by atoms with Gasteiger partial charge in [-0.2, -0.15) is 0 Å². The standard InChI is InChI=1S/C23H25BrN2OS/c1-15(2)12-17-4-8-19(9-5-17)16(3)22(27)26-23-25-14-21(28-23)13-18-6-10-20(24)11-7-18/h4-11,14-16H,12-13H2,1-3H3,(H,25,26,27). The van der Waals surface area contributed by atoms with Crippen LogP contribution in [0.2, 0.25) is 0 Å². The number of hydrogen-bond donors (Lipinski definition) is 1. The molecule has 0 spiro atoms. The molecule has 3 aromatic rings. The highest BCUT2D eigenvalue weighted by molar-refractivity contribution is 9.10. The van der Waals surface area contributed by atoms with Gasteiger partial charge in [0.1, 0.15) is 0 Å². The summed E-state index contributed by atoms with van der Waals surface area (Å²) in [5.74, 6) is 0.385. The molecule has 0 aliphatic rings. The number of aromatic nitrogens is 1. The van der Waals surface area contributed by atoms with Crippen LogP contribution in [0, 0.1) is 5.92 Å². The molecule has 28 heavy (non-hydrogen) atoms. The molecule has 0 radical (unpaired) electrons. The van der Waals surface area contributed by atoms with Crippen molar-refractivity contribution >= 4 is 38.3 Å². The van der Waals surface area contributed by atoms with Crippen LogP contribution in [0.25, 0.3) is 0 Å². The highest BCUT2D eigenvalue weighted by Gasteiger charge is 2.17. The van der Waals surface area contributed by atoms with Gasteiger partial charge in [-0.15, -0.1) is 11.3 Å². The van der Waals surface area contributed by atoms with Gasteiger partial charge in [-0.25, -0.2) is 4.98 Å². The molecule has 2 aromatic carbocycles. The molecule has 146 valence electrons. The molecule has 1 unspecified atom stereocenters. The van der Waals surface area contributed by atoms with E-state index in [1.165, 1.54) is 22.5 Å². The molecule has 0 bridgehead atoms. The molecule has 0 aliphatic heterocycles. The van der Waals surface area contributed by atoms with Crippen molar-refractivity contribution in [1.82, 2.24) is 4.98 Å². The second-order valence-corrected chi connectivity index (χ2v) is 9.52. The zero-order valence-electron chi connectivity index (χ0n) is 16.4. The number of halogens is 1. The van der Waals surface area contributed by atoms with Crippen molar-refractivity contribution in [2.75, 3.05) is 5.32 Å². The van der Waals surface area contributed by atoms with Gasteiger partial charge in [-0.3, -0.25) is 4.79 Å². The van der Waals surface area contributed by atoms with Crippen LogP contribution in [0.15, 0.2) is 59.2 Å². The highest BCUT2D eigenvalue weighted by atomic mass is 79.9. The Hall–Kier alpha value is -1.98. The Morgan fingerprint density at radius 1 is 1.04 bits per heavy atom. The van der Waals surface area contributed by atoms with Crippen LogP contribution in [0.4, 0.5) is 5.13 Å². The number of carbonyl (C=O) groups is 1. The van der Waals surface area contributed by atoms with Crippen molar-refractivity contribution in [3.8, 4) is 0 Å². The summed E-state index contributed by atoms with van der Waals surface area (Å²) >= 11 is 4.98. The third-order valence-corrected chi connectivity index (χ3v) is 6.03. The fraction of sp³-hybridized carbons (Fsp3) is 0.304. The predicted octanol–water partition coefficient (Wildman–Crippen LogP) is 6.44. The highest BCUT2D eigenvalue weighted by Crippen LogP contribution is 2.24. The number of rotatable bonds is 7. The van der Waals surface area contributed by atoms with E-state index in [0.29, 0.717) is 11.0 Å². The van der Waals surface area contributed by atoms with Gasteiger partial charge in [0.25, 0.3) is 0 Å². The summed E-state index contributed by atoms with van der Waals surface area (Å²) in [6, 6.07) is 16.6. The van der Waals surface area contributed by atoms with Gasteiger partial charge < -0.3 is 5.32 Å². The van der Waals surface area contributed by atoms with Crippen molar-refractivity contribution in [3.05, 3.63) is 80.8 Å². The maximum absolute atomic E-state index is 12.6. The first-order valence-electron chi connectivity index (χ1n) is 9.49. The van der Waals surface area contributed by atoms with Crippen LogP contribution in [0.5, 0.6) is 0 Å². The Morgan fingerprint density at radius 2 is 1.68 bits per heavy atom. The fourth-order valence-corrected chi connectivity index (χ4v) is 4.14. The van der Waals surface area contributed by atoms with Crippen LogP contribution >= 0.6 is 27.3 Å². The van der Waals surface area contributed by atoms with Gasteiger partial charge in [-0.1, -0.05) is 66.2 Å². The van der Waals surface area contributed by atoms with Crippen molar-refractivity contribution in [2.24, 2.45) is 5.92 Å². The van der Waals surface area contributed by atoms with Gasteiger partial charge in [0.15, 0.2) is 5.13 Å². The van der Waals surface area contributed by atoms with Gasteiger partial charge in [0.05, 0.1) is 5.92 Å². The van der Waals surface area contributed by atoms with E-state index < -0.39 is 0 Å². The number of anilines is 1. The number of nitrogens with one attached hydrogen (secondary N) is 1. The maximum atomic E-state index is 12.6. The third kappa shape index (κ3) is 5.76. The van der Waals surface area contributed by atoms with Gasteiger partial charge in [-0.05, 0) is 48.1 Å². The third-order valence-electron chi connectivity index (χ3n) is 4.59. The molecular weight excluding hydrogens is 432 g/mol. The van der Waals surface area contributed by atoms with E-state index in [0.717, 1.165) is 27.8 Å². The minimum Gasteiger partial charge on any atom is -0.301 e. The van der Waals surface area contributed by atoms with Crippen LogP contribution in [0.3, 0.4) is 0 Å². The van der Waals surface area contributed by atoms with Crippen molar-refractivity contribution < 1.29 is 4.79 Å². The van der Waals surface area contributed by atoms with E-state index in [2.05, 4.69) is 76.5 Å². The molecule has 3 nitrogen and oxygen atoms in total. The van der Waals surface area contributed by atoms with Gasteiger partial charge in [0.2, 0.25) is 5.91 Å². The Bertz CT molecular complexity index is 917. The molecule has 0 saturated heterocycles. The zero-order chi connectivity index (χ0) is 20.1. The SMILES string of the molecule is CC(C)Cc1ccc(C(C)C(=O)Nc2ncc(Cc3ccc(Br)cc3)s2)cc1. The summed E-state index contributed by atoms with van der Waals surface area (Å²) in [4.78, 5) is 18.1. The first-order valence-corrected chi connectivity index (χ1v) is 11.1. The first kappa shape index (κ1) is 20.7. The fourth-order valence-electron chi connectivity index (χ4n) is 3.03. The molecular formula is C23H25BrN2OS. The molecule has 1 N–H and O–H groups in total. The monoisotopic (exact) mass is 456 g/mol. The maximum Gasteiger partial charge on any atom is 0.233 e. The molecule has 1 atom stereocenters. The summed E-state index contributed by atoms with van der Waals surface area (Å²) < 4.78 is 1.07. The summed E-state index contributed by atoms with van der Waals surface area (Å²) in [6.07, 6.45) is 3.71. The van der Waals surface area contributed by atoms with Crippen LogP contribution in [0.1, 0.15) is 48.3 Å². The largest absolute Gasteiger partial charge is 0.301 e. The molecule has 0 fully saturated rings. The van der Waals surface area contributed by atoms with E-state index in [1.807, 2.05) is 25.3 Å². The van der Waals surface area contributed by atoms with E-state index >= 15 is 0 Å². The number of hydrogen-bond acceptors (Lipinski definition) is 3. The zero-order valence-corrected chi connectivity index (χ0v) is 18.8. The molecule has 0 saturated carbocycles. The summed E-state index contributed by atoms with van der Waals surface area (Å²) in [5, 5.41) is 3.62. The van der Waals surface area contributed by atoms with Crippen LogP contribution in [-0.4, -0.2) is 10.9 Å². The summed E-state index contributed by atoms with van der Waals surface area (Å²) in [5.41, 5.74) is 3.56. The summed E-state index contributed by atoms with van der Waals surface area (Å²) in [7, 11) is 0. The van der Waals surface area contributed by atoms with Gasteiger partial charge >= 0.3 is 0 Å². The van der Waals surface area contributed by atoms with Crippen LogP contribution in [-0.2, 0) is 17.6 Å². The number of amides is 1. The van der Waals surface area contributed by atoms with Crippen molar-refractivity contribution in [1.29, 1.82) is 0 Å². The van der Waals surface area contributed by atoms with E-state index in [4.69, 9.17) is 0 Å². The second-order valence-electron chi connectivity index (χ2n) is 7.49. The number of nitrogens with zero attached hydrogens (tertiary/aromatic N) is 1. The normalized spacial score (nSPS) is 12.2. The van der Waals surface area contributed by atoms with E-state index in [9.17, 15) is 4.79 Å². The van der Waals surface area contributed by atoms with Gasteiger partial charge in [0, 0.05) is 22.0 Å². The first-order chi connectivity index (χ1) is 13.4. The Labute approximate surface area is 179 Å². The minimum absolute atomic E-state index is 0.0267. The molecule has 1 heterocycles. The Kier molecular flexibility index (Phi) is 7.03. The Balaban J connectivity index is 1.59. The topological polar surface area (TPSA) is 42.0 Å². The average Bonchev–Trinajstić information content (AvgIpc) is 3.10. The number of carbonyl (C=O) groups excluding carboxylic acids is 1. The second kappa shape index (κ2) is 9.48. The van der Waals surface area contributed by atoms with E-state index in [-0.39, 0.29) is 11.8 Å². The smallest absolute Gasteiger partial charge is 0.233 e. The summed E-state index contributed by atoms with van der Waals surface area (Å²) in [6.45, 7) is 6.36. The quantitative estimate of drug-likeness (QED) is 0.444. The lowest BCUT2D eigenvalue weighted by Gasteiger charge is -2.12. The van der Waals surface area contributed by atoms with Crippen molar-refractivity contribution in [3.63, 3.8) is 0 Å². The minimum atomic E-state index is -0.216.